The molecule has 0 saturated heterocycles. The number of anilines is 1. The Morgan fingerprint density at radius 3 is 2.50 bits per heavy atom. The van der Waals surface area contributed by atoms with E-state index in [0.29, 0.717) is 39.8 Å². The summed E-state index contributed by atoms with van der Waals surface area (Å²) in [6.07, 6.45) is 6.39. The molecule has 0 radical (unpaired) electrons. The molecule has 0 spiro atoms. The van der Waals surface area contributed by atoms with Gasteiger partial charge in [0.05, 0.1) is 22.8 Å². The fourth-order valence-corrected chi connectivity index (χ4v) is 6.00. The quantitative estimate of drug-likeness (QED) is 0.168. The Morgan fingerprint density at radius 1 is 1.07 bits per heavy atom. The van der Waals surface area contributed by atoms with E-state index in [1.807, 2.05) is 6.92 Å². The molecule has 0 aliphatic carbocycles. The van der Waals surface area contributed by atoms with Crippen molar-refractivity contribution in [3.8, 4) is 17.1 Å². The van der Waals surface area contributed by atoms with Crippen molar-refractivity contribution < 1.29 is 13.2 Å². The van der Waals surface area contributed by atoms with E-state index in [4.69, 9.17) is 26.4 Å². The minimum absolute atomic E-state index is 0.00644. The molecular formula is C29H36ClN5O4S. The first-order valence-corrected chi connectivity index (χ1v) is 15.6. The molecule has 214 valence electrons. The van der Waals surface area contributed by atoms with Gasteiger partial charge in [-0.15, -0.1) is 5.10 Å². The normalized spacial score (nSPS) is 12.5. The number of imidazole rings is 1. The van der Waals surface area contributed by atoms with Crippen LogP contribution in [0.1, 0.15) is 76.7 Å². The number of hydrogen-bond donors (Lipinski definition) is 2. The van der Waals surface area contributed by atoms with Crippen LogP contribution in [0.5, 0.6) is 5.75 Å². The van der Waals surface area contributed by atoms with Crippen LogP contribution in [0.4, 0.5) is 5.69 Å². The second kappa shape index (κ2) is 12.9. The van der Waals surface area contributed by atoms with E-state index >= 15 is 0 Å². The summed E-state index contributed by atoms with van der Waals surface area (Å²) in [5.74, 6) is 1.48. The number of unbranched alkanes of at least 4 members (excludes halogenated alkanes) is 3. The molecule has 0 amide bonds. The minimum Gasteiger partial charge on any atom is -0.493 e. The summed E-state index contributed by atoms with van der Waals surface area (Å²) < 4.78 is 36.5. The van der Waals surface area contributed by atoms with Crippen LogP contribution in [0.25, 0.3) is 16.9 Å². The molecule has 1 unspecified atom stereocenters. The first-order valence-electron chi connectivity index (χ1n) is 13.7. The molecular weight excluding hydrogens is 550 g/mol. The van der Waals surface area contributed by atoms with Crippen LogP contribution in [-0.4, -0.2) is 34.6 Å². The number of nitrogens with zero attached hydrogens (tertiary/aromatic N) is 3. The number of halogens is 1. The smallest absolute Gasteiger partial charge is 0.277 e. The van der Waals surface area contributed by atoms with Crippen molar-refractivity contribution in [2.75, 3.05) is 11.3 Å². The Kier molecular flexibility index (Phi) is 9.52. The first-order chi connectivity index (χ1) is 19.2. The number of aromatic amines is 1. The fraction of sp³-hybridized carbons (Fsp3) is 0.414. The topological polar surface area (TPSA) is 118 Å². The van der Waals surface area contributed by atoms with Crippen molar-refractivity contribution in [3.63, 3.8) is 0 Å². The molecule has 0 aliphatic heterocycles. The third kappa shape index (κ3) is 6.50. The molecule has 0 fully saturated rings. The summed E-state index contributed by atoms with van der Waals surface area (Å²) in [6.45, 7) is 8.28. The molecule has 2 aromatic carbocycles. The second-order valence-electron chi connectivity index (χ2n) is 9.78. The van der Waals surface area contributed by atoms with E-state index in [9.17, 15) is 13.2 Å². The Bertz CT molecular complexity index is 1630. The number of hydrogen-bond acceptors (Lipinski definition) is 6. The van der Waals surface area contributed by atoms with Crippen LogP contribution in [0.2, 0.25) is 5.02 Å². The molecule has 2 N–H and O–H groups in total. The van der Waals surface area contributed by atoms with E-state index in [1.165, 1.54) is 18.6 Å². The second-order valence-corrected chi connectivity index (χ2v) is 11.9. The number of rotatable bonds is 13. The molecule has 2 heterocycles. The Labute approximate surface area is 240 Å². The highest BCUT2D eigenvalue weighted by atomic mass is 35.5. The lowest BCUT2D eigenvalue weighted by Gasteiger charge is -2.15. The third-order valence-corrected chi connectivity index (χ3v) is 8.51. The number of benzene rings is 2. The lowest BCUT2D eigenvalue weighted by atomic mass is 9.97. The Morgan fingerprint density at radius 2 is 1.82 bits per heavy atom. The van der Waals surface area contributed by atoms with Gasteiger partial charge in [0.15, 0.2) is 11.3 Å². The van der Waals surface area contributed by atoms with Gasteiger partial charge in [0.2, 0.25) is 0 Å². The predicted octanol–water partition coefficient (Wildman–Crippen LogP) is 6.71. The standard InChI is InChI=1S/C29H36ClN5O4S/c1-5-8-9-10-11-20(6-2)28-31-19(4)26-29(36)32-27(33-35(26)28)24-18-23(16-17-25(24)39-7-3)40(37,38)34-22-14-12-21(30)13-15-22/h12-18,20,34H,5-11H2,1-4H3,(H,32,33,36). The van der Waals surface area contributed by atoms with Gasteiger partial charge in [0.25, 0.3) is 15.6 Å². The highest BCUT2D eigenvalue weighted by Crippen LogP contribution is 2.32. The zero-order valence-corrected chi connectivity index (χ0v) is 24.9. The van der Waals surface area contributed by atoms with Crippen LogP contribution in [-0.2, 0) is 10.0 Å². The average molecular weight is 586 g/mol. The number of aromatic nitrogens is 4. The van der Waals surface area contributed by atoms with Crippen molar-refractivity contribution in [1.82, 2.24) is 19.6 Å². The molecule has 0 aliphatic rings. The van der Waals surface area contributed by atoms with Gasteiger partial charge in [-0.05, 0) is 69.2 Å². The number of sulfonamides is 1. The molecule has 9 nitrogen and oxygen atoms in total. The molecule has 0 bridgehead atoms. The highest BCUT2D eigenvalue weighted by molar-refractivity contribution is 7.92. The maximum atomic E-state index is 13.3. The van der Waals surface area contributed by atoms with Crippen LogP contribution >= 0.6 is 11.6 Å². The van der Waals surface area contributed by atoms with Gasteiger partial charge in [-0.3, -0.25) is 9.52 Å². The Hall–Kier alpha value is -3.37. The molecule has 0 saturated carbocycles. The van der Waals surface area contributed by atoms with Gasteiger partial charge in [-0.2, -0.15) is 0 Å². The number of aryl methyl sites for hydroxylation is 1. The lowest BCUT2D eigenvalue weighted by Crippen LogP contribution is -2.17. The summed E-state index contributed by atoms with van der Waals surface area (Å²) in [5, 5.41) is 5.29. The van der Waals surface area contributed by atoms with Crippen molar-refractivity contribution >= 4 is 32.8 Å². The molecule has 11 heteroatoms. The first kappa shape index (κ1) is 29.6. The summed E-state index contributed by atoms with van der Waals surface area (Å²) in [5.41, 5.74) is 1.37. The average Bonchev–Trinajstić information content (AvgIpc) is 3.26. The third-order valence-electron chi connectivity index (χ3n) is 6.88. The summed E-state index contributed by atoms with van der Waals surface area (Å²) in [4.78, 5) is 20.9. The highest BCUT2D eigenvalue weighted by Gasteiger charge is 2.23. The van der Waals surface area contributed by atoms with Crippen molar-refractivity contribution in [3.05, 3.63) is 69.4 Å². The number of nitrogens with one attached hydrogen (secondary N) is 2. The van der Waals surface area contributed by atoms with E-state index < -0.39 is 10.0 Å². The van der Waals surface area contributed by atoms with Gasteiger partial charge in [0, 0.05) is 16.6 Å². The van der Waals surface area contributed by atoms with E-state index in [0.717, 1.165) is 37.9 Å². The summed E-state index contributed by atoms with van der Waals surface area (Å²) >= 11 is 5.94. The largest absolute Gasteiger partial charge is 0.493 e. The predicted molar refractivity (Wildman–Crippen MR) is 159 cm³/mol. The molecule has 4 aromatic rings. The van der Waals surface area contributed by atoms with E-state index in [1.54, 1.807) is 41.8 Å². The monoisotopic (exact) mass is 585 g/mol. The summed E-state index contributed by atoms with van der Waals surface area (Å²) in [7, 11) is -3.97. The van der Waals surface area contributed by atoms with E-state index in [-0.39, 0.29) is 22.2 Å². The van der Waals surface area contributed by atoms with Gasteiger partial charge in [-0.25, -0.2) is 17.9 Å². The Balaban J connectivity index is 1.80. The van der Waals surface area contributed by atoms with Crippen LogP contribution in [0, 0.1) is 6.92 Å². The van der Waals surface area contributed by atoms with Gasteiger partial charge in [0.1, 0.15) is 11.6 Å². The van der Waals surface area contributed by atoms with E-state index in [2.05, 4.69) is 23.6 Å². The maximum Gasteiger partial charge on any atom is 0.277 e. The zero-order valence-electron chi connectivity index (χ0n) is 23.3. The van der Waals surface area contributed by atoms with Gasteiger partial charge >= 0.3 is 0 Å². The minimum atomic E-state index is -3.97. The zero-order chi connectivity index (χ0) is 28.9. The fourth-order valence-electron chi connectivity index (χ4n) is 4.79. The number of fused-ring (bicyclic) bond motifs is 1. The number of H-pyrrole nitrogens is 1. The lowest BCUT2D eigenvalue weighted by molar-refractivity contribution is 0.341. The van der Waals surface area contributed by atoms with Crippen LogP contribution in [0.15, 0.2) is 52.2 Å². The molecule has 2 aromatic heterocycles. The van der Waals surface area contributed by atoms with Crippen LogP contribution < -0.4 is 15.0 Å². The van der Waals surface area contributed by atoms with Gasteiger partial charge in [-0.1, -0.05) is 51.1 Å². The van der Waals surface area contributed by atoms with Crippen LogP contribution in [0.3, 0.4) is 0 Å². The molecule has 40 heavy (non-hydrogen) atoms. The number of ether oxygens (including phenoxy) is 1. The van der Waals surface area contributed by atoms with Crippen molar-refractivity contribution in [1.29, 1.82) is 0 Å². The summed E-state index contributed by atoms with van der Waals surface area (Å²) in [6, 6.07) is 10.9. The SMILES string of the molecule is CCCCCCC(CC)c1nc(C)c2c(=O)[nH]c(-c3cc(S(=O)(=O)Nc4ccc(Cl)cc4)ccc3OCC)nn12. The van der Waals surface area contributed by atoms with Crippen molar-refractivity contribution in [2.24, 2.45) is 0 Å². The van der Waals surface area contributed by atoms with Crippen molar-refractivity contribution in [2.45, 2.75) is 77.0 Å². The maximum absolute atomic E-state index is 13.3. The molecule has 4 rings (SSSR count). The van der Waals surface area contributed by atoms with Gasteiger partial charge < -0.3 is 9.72 Å². The molecule has 1 atom stereocenters.